The first kappa shape index (κ1) is 19.6. The summed E-state index contributed by atoms with van der Waals surface area (Å²) in [5.74, 6) is -0.374. The molecule has 2 aromatic rings. The molecule has 0 bridgehead atoms. The molecule has 0 atom stereocenters. The molecule has 10 heteroatoms. The van der Waals surface area contributed by atoms with Crippen molar-refractivity contribution in [2.24, 2.45) is 15.3 Å². The van der Waals surface area contributed by atoms with Crippen LogP contribution in [0.3, 0.4) is 0 Å². The number of primary sulfonamides is 1. The fourth-order valence-corrected chi connectivity index (χ4v) is 2.35. The van der Waals surface area contributed by atoms with Gasteiger partial charge < -0.3 is 0 Å². The largest absolute Gasteiger partial charge is 0.277 e. The van der Waals surface area contributed by atoms with Crippen LogP contribution in [0.4, 0.5) is 5.69 Å². The summed E-state index contributed by atoms with van der Waals surface area (Å²) in [5.41, 5.74) is 6.27. The molecule has 2 rings (SSSR count). The van der Waals surface area contributed by atoms with E-state index in [0.717, 1.165) is 0 Å². The third-order valence-corrected chi connectivity index (χ3v) is 4.41. The standard InChI is InChI=1S/C16H16ClN5O3S/c1-11(19-22-16(23)12-5-3-2-4-6-12)15(17)21-20-13-7-9-14(10-8-13)26(18,24)25/h2-10,20H,1H3,(H,22,23)(H2,18,24,25)/b19-11+,21-15-. The molecule has 1 amide bonds. The molecule has 0 fully saturated rings. The second-order valence-electron chi connectivity index (χ2n) is 5.09. The van der Waals surface area contributed by atoms with Gasteiger partial charge in [-0.05, 0) is 43.3 Å². The number of rotatable bonds is 6. The van der Waals surface area contributed by atoms with E-state index in [1.54, 1.807) is 37.3 Å². The summed E-state index contributed by atoms with van der Waals surface area (Å²) < 4.78 is 22.4. The molecule has 0 radical (unpaired) electrons. The molecule has 0 spiro atoms. The monoisotopic (exact) mass is 393 g/mol. The molecule has 0 aliphatic rings. The zero-order chi connectivity index (χ0) is 19.2. The fourth-order valence-electron chi connectivity index (χ4n) is 1.75. The molecule has 0 heterocycles. The van der Waals surface area contributed by atoms with Crippen molar-refractivity contribution in [2.75, 3.05) is 5.43 Å². The summed E-state index contributed by atoms with van der Waals surface area (Å²) in [6, 6.07) is 14.2. The number of hydrogen-bond acceptors (Lipinski definition) is 6. The van der Waals surface area contributed by atoms with Crippen molar-refractivity contribution < 1.29 is 13.2 Å². The summed E-state index contributed by atoms with van der Waals surface area (Å²) in [4.78, 5) is 11.9. The number of carbonyl (C=O) groups excluding carboxylic acids is 1. The molecule has 0 saturated carbocycles. The van der Waals surface area contributed by atoms with Gasteiger partial charge in [-0.1, -0.05) is 29.8 Å². The summed E-state index contributed by atoms with van der Waals surface area (Å²) >= 11 is 6.00. The van der Waals surface area contributed by atoms with Crippen LogP contribution in [0.2, 0.25) is 0 Å². The van der Waals surface area contributed by atoms with E-state index in [9.17, 15) is 13.2 Å². The van der Waals surface area contributed by atoms with Gasteiger partial charge in [0.1, 0.15) is 0 Å². The number of nitrogens with zero attached hydrogens (tertiary/aromatic N) is 2. The predicted molar refractivity (Wildman–Crippen MR) is 102 cm³/mol. The highest BCUT2D eigenvalue weighted by Gasteiger charge is 2.07. The first-order valence-corrected chi connectivity index (χ1v) is 9.22. The lowest BCUT2D eigenvalue weighted by Gasteiger charge is -2.04. The van der Waals surface area contributed by atoms with Gasteiger partial charge in [0, 0.05) is 5.56 Å². The maximum absolute atomic E-state index is 11.9. The van der Waals surface area contributed by atoms with Crippen molar-refractivity contribution in [1.82, 2.24) is 5.43 Å². The van der Waals surface area contributed by atoms with E-state index in [-0.39, 0.29) is 21.7 Å². The maximum Gasteiger partial charge on any atom is 0.271 e. The lowest BCUT2D eigenvalue weighted by Crippen LogP contribution is -2.20. The van der Waals surface area contributed by atoms with Gasteiger partial charge in [-0.3, -0.25) is 10.2 Å². The Kier molecular flexibility index (Phi) is 6.45. The van der Waals surface area contributed by atoms with Crippen LogP contribution < -0.4 is 16.0 Å². The number of nitrogens with two attached hydrogens (primary N) is 1. The van der Waals surface area contributed by atoms with Crippen LogP contribution in [0.25, 0.3) is 0 Å². The number of halogens is 1. The minimum absolute atomic E-state index is 0.0144. The molecule has 0 unspecified atom stereocenters. The molecular formula is C16H16ClN5O3S. The van der Waals surface area contributed by atoms with Crippen LogP contribution in [0.5, 0.6) is 0 Å². The molecule has 136 valence electrons. The molecule has 0 aliphatic heterocycles. The van der Waals surface area contributed by atoms with E-state index in [2.05, 4.69) is 21.1 Å². The fraction of sp³-hybridized carbons (Fsp3) is 0.0625. The van der Waals surface area contributed by atoms with Crippen LogP contribution in [-0.2, 0) is 10.0 Å². The van der Waals surface area contributed by atoms with Gasteiger partial charge in [0.25, 0.3) is 5.91 Å². The maximum atomic E-state index is 11.9. The molecule has 8 nitrogen and oxygen atoms in total. The van der Waals surface area contributed by atoms with E-state index >= 15 is 0 Å². The number of nitrogens with one attached hydrogen (secondary N) is 2. The molecular weight excluding hydrogens is 378 g/mol. The van der Waals surface area contributed by atoms with Gasteiger partial charge in [-0.2, -0.15) is 10.2 Å². The molecule has 4 N–H and O–H groups in total. The predicted octanol–water partition coefficient (Wildman–Crippen LogP) is 2.10. The Bertz CT molecular complexity index is 942. The van der Waals surface area contributed by atoms with E-state index < -0.39 is 10.0 Å². The second-order valence-corrected chi connectivity index (χ2v) is 7.01. The summed E-state index contributed by atoms with van der Waals surface area (Å²) in [7, 11) is -3.75. The third-order valence-electron chi connectivity index (χ3n) is 3.13. The summed E-state index contributed by atoms with van der Waals surface area (Å²) in [5, 5.41) is 12.8. The molecule has 0 saturated heterocycles. The Hall–Kier alpha value is -2.75. The van der Waals surface area contributed by atoms with Crippen molar-refractivity contribution in [1.29, 1.82) is 0 Å². The number of amides is 1. The van der Waals surface area contributed by atoms with Crippen LogP contribution in [0.15, 0.2) is 69.7 Å². The van der Waals surface area contributed by atoms with Crippen molar-refractivity contribution in [2.45, 2.75) is 11.8 Å². The van der Waals surface area contributed by atoms with Gasteiger partial charge in [-0.25, -0.2) is 19.0 Å². The van der Waals surface area contributed by atoms with Gasteiger partial charge in [-0.15, -0.1) is 0 Å². The Balaban J connectivity index is 1.98. The van der Waals surface area contributed by atoms with Crippen LogP contribution in [-0.4, -0.2) is 25.2 Å². The molecule has 0 aliphatic carbocycles. The Morgan fingerprint density at radius 1 is 1.04 bits per heavy atom. The SMILES string of the molecule is CC(=N\NC(=O)c1ccccc1)/C(Cl)=N/Nc1ccc(S(N)(=O)=O)cc1. The highest BCUT2D eigenvalue weighted by Crippen LogP contribution is 2.12. The van der Waals surface area contributed by atoms with E-state index in [1.165, 1.54) is 24.3 Å². The summed E-state index contributed by atoms with van der Waals surface area (Å²) in [6.45, 7) is 1.57. The number of sulfonamides is 1. The zero-order valence-corrected chi connectivity index (χ0v) is 15.3. The minimum atomic E-state index is -3.75. The zero-order valence-electron chi connectivity index (χ0n) is 13.7. The number of hydrogen-bond donors (Lipinski definition) is 3. The van der Waals surface area contributed by atoms with Crippen molar-refractivity contribution in [3.8, 4) is 0 Å². The Labute approximate surface area is 155 Å². The van der Waals surface area contributed by atoms with Crippen LogP contribution in [0.1, 0.15) is 17.3 Å². The van der Waals surface area contributed by atoms with Crippen molar-refractivity contribution in [3.63, 3.8) is 0 Å². The average Bonchev–Trinajstić information content (AvgIpc) is 2.64. The van der Waals surface area contributed by atoms with Crippen molar-refractivity contribution in [3.05, 3.63) is 60.2 Å². The van der Waals surface area contributed by atoms with E-state index in [4.69, 9.17) is 16.7 Å². The average molecular weight is 394 g/mol. The van der Waals surface area contributed by atoms with Gasteiger partial charge in [0.05, 0.1) is 16.3 Å². The van der Waals surface area contributed by atoms with Crippen molar-refractivity contribution >= 4 is 44.1 Å². The highest BCUT2D eigenvalue weighted by atomic mass is 35.5. The third kappa shape index (κ3) is 5.66. The Morgan fingerprint density at radius 3 is 2.23 bits per heavy atom. The quantitative estimate of drug-likeness (QED) is 0.513. The molecule has 0 aromatic heterocycles. The molecule has 26 heavy (non-hydrogen) atoms. The number of benzene rings is 2. The number of anilines is 1. The van der Waals surface area contributed by atoms with Gasteiger partial charge in [0.2, 0.25) is 10.0 Å². The first-order chi connectivity index (χ1) is 12.3. The Morgan fingerprint density at radius 2 is 1.65 bits per heavy atom. The smallest absolute Gasteiger partial charge is 0.271 e. The number of carbonyl (C=O) groups is 1. The topological polar surface area (TPSA) is 126 Å². The second kappa shape index (κ2) is 8.56. The highest BCUT2D eigenvalue weighted by molar-refractivity contribution is 7.89. The van der Waals surface area contributed by atoms with Gasteiger partial charge >= 0.3 is 0 Å². The molecule has 2 aromatic carbocycles. The minimum Gasteiger partial charge on any atom is -0.277 e. The number of hydrazone groups is 2. The van der Waals surface area contributed by atoms with E-state index in [1.807, 2.05) is 0 Å². The summed E-state index contributed by atoms with van der Waals surface area (Å²) in [6.07, 6.45) is 0. The van der Waals surface area contributed by atoms with Crippen LogP contribution >= 0.6 is 11.6 Å². The lowest BCUT2D eigenvalue weighted by atomic mass is 10.2. The van der Waals surface area contributed by atoms with E-state index in [0.29, 0.717) is 11.3 Å². The van der Waals surface area contributed by atoms with Crippen LogP contribution in [0, 0.1) is 0 Å². The normalized spacial score (nSPS) is 12.6. The first-order valence-electron chi connectivity index (χ1n) is 7.29. The lowest BCUT2D eigenvalue weighted by molar-refractivity contribution is 0.0955. The van der Waals surface area contributed by atoms with Gasteiger partial charge in [0.15, 0.2) is 5.17 Å².